The molecule has 2 heteroatoms. The number of hydrogen-bond donors (Lipinski definition) is 0. The van der Waals surface area contributed by atoms with Crippen molar-refractivity contribution in [2.45, 2.75) is 41.0 Å². The smallest absolute Gasteiger partial charge is 0.338 e. The summed E-state index contributed by atoms with van der Waals surface area (Å²) >= 11 is 0. The highest BCUT2D eigenvalue weighted by molar-refractivity contribution is 5.89. The number of benzene rings is 1. The van der Waals surface area contributed by atoms with Crippen molar-refractivity contribution in [3.8, 4) is 0 Å². The molecule has 0 aliphatic heterocycles. The van der Waals surface area contributed by atoms with E-state index >= 15 is 0 Å². The van der Waals surface area contributed by atoms with Crippen LogP contribution < -0.4 is 0 Å². The predicted octanol–water partition coefficient (Wildman–Crippen LogP) is 4.31. The van der Waals surface area contributed by atoms with Crippen LogP contribution in [0.3, 0.4) is 0 Å². The van der Waals surface area contributed by atoms with E-state index in [9.17, 15) is 4.79 Å². The molecule has 0 aromatic heterocycles. The summed E-state index contributed by atoms with van der Waals surface area (Å²) in [6.07, 6.45) is 1.02. The zero-order valence-corrected chi connectivity index (χ0v) is 12.1. The Hall–Kier alpha value is -1.31. The molecule has 0 N–H and O–H groups in total. The van der Waals surface area contributed by atoms with Crippen LogP contribution in [0.4, 0.5) is 0 Å². The second kappa shape index (κ2) is 5.55. The molecule has 1 aromatic rings. The van der Waals surface area contributed by atoms with E-state index in [1.54, 1.807) is 12.1 Å². The third kappa shape index (κ3) is 5.35. The summed E-state index contributed by atoms with van der Waals surface area (Å²) in [5, 5.41) is 0. The Morgan fingerprint density at radius 3 is 2.11 bits per heavy atom. The van der Waals surface area contributed by atoms with E-state index in [0.717, 1.165) is 6.42 Å². The molecule has 0 amide bonds. The lowest BCUT2D eigenvalue weighted by Crippen LogP contribution is -2.27. The molecule has 0 unspecified atom stereocenters. The Morgan fingerprint density at radius 2 is 1.61 bits per heavy atom. The monoisotopic (exact) mass is 248 g/mol. The van der Waals surface area contributed by atoms with Crippen LogP contribution in [0.2, 0.25) is 0 Å². The van der Waals surface area contributed by atoms with Crippen LogP contribution >= 0.6 is 0 Å². The van der Waals surface area contributed by atoms with E-state index in [4.69, 9.17) is 4.74 Å². The number of carbonyl (C=O) groups excluding carboxylic acids is 1. The molecular weight excluding hydrogens is 224 g/mol. The number of carbonyl (C=O) groups is 1. The summed E-state index contributed by atoms with van der Waals surface area (Å²) in [6.45, 7) is 11.3. The minimum absolute atomic E-state index is 0.00267. The summed E-state index contributed by atoms with van der Waals surface area (Å²) in [4.78, 5) is 11.8. The average molecular weight is 248 g/mol. The van der Waals surface area contributed by atoms with E-state index in [1.807, 2.05) is 18.2 Å². The fourth-order valence-corrected chi connectivity index (χ4v) is 2.41. The standard InChI is InChI=1S/C16H24O2/c1-15(2,3)11-16(4,5)12-18-14(17)13-9-7-6-8-10-13/h6-10H,11-12H2,1-5H3. The summed E-state index contributed by atoms with van der Waals surface area (Å²) in [5.74, 6) is -0.238. The van der Waals surface area contributed by atoms with E-state index in [-0.39, 0.29) is 16.8 Å². The Bertz CT molecular complexity index is 385. The molecule has 0 fully saturated rings. The molecule has 0 spiro atoms. The van der Waals surface area contributed by atoms with Crippen molar-refractivity contribution >= 4 is 5.97 Å². The molecule has 0 saturated carbocycles. The second-order valence-corrected chi connectivity index (χ2v) is 6.84. The second-order valence-electron chi connectivity index (χ2n) is 6.84. The molecule has 0 saturated heterocycles. The highest BCUT2D eigenvalue weighted by atomic mass is 16.5. The molecule has 100 valence electrons. The van der Waals surface area contributed by atoms with Crippen molar-refractivity contribution in [1.82, 2.24) is 0 Å². The van der Waals surface area contributed by atoms with Gasteiger partial charge in [0.25, 0.3) is 0 Å². The van der Waals surface area contributed by atoms with Crippen LogP contribution in [0, 0.1) is 10.8 Å². The average Bonchev–Trinajstić information content (AvgIpc) is 2.24. The van der Waals surface area contributed by atoms with E-state index < -0.39 is 0 Å². The van der Waals surface area contributed by atoms with Gasteiger partial charge in [-0.1, -0.05) is 52.8 Å². The van der Waals surface area contributed by atoms with Crippen LogP contribution in [0.25, 0.3) is 0 Å². The van der Waals surface area contributed by atoms with Gasteiger partial charge in [-0.15, -0.1) is 0 Å². The van der Waals surface area contributed by atoms with Crippen molar-refractivity contribution < 1.29 is 9.53 Å². The maximum absolute atomic E-state index is 11.8. The molecule has 0 heterocycles. The van der Waals surface area contributed by atoms with Gasteiger partial charge in [-0.3, -0.25) is 0 Å². The van der Waals surface area contributed by atoms with Crippen molar-refractivity contribution in [1.29, 1.82) is 0 Å². The highest BCUT2D eigenvalue weighted by Gasteiger charge is 2.27. The van der Waals surface area contributed by atoms with Gasteiger partial charge in [0.1, 0.15) is 0 Å². The molecule has 18 heavy (non-hydrogen) atoms. The lowest BCUT2D eigenvalue weighted by molar-refractivity contribution is 0.0264. The fraction of sp³-hybridized carbons (Fsp3) is 0.562. The Balaban J connectivity index is 2.53. The zero-order valence-electron chi connectivity index (χ0n) is 12.1. The zero-order chi connectivity index (χ0) is 13.8. The predicted molar refractivity (Wildman–Crippen MR) is 74.6 cm³/mol. The van der Waals surface area contributed by atoms with Crippen LogP contribution in [0.1, 0.15) is 51.4 Å². The van der Waals surface area contributed by atoms with Crippen molar-refractivity contribution in [3.05, 3.63) is 35.9 Å². The van der Waals surface area contributed by atoms with Gasteiger partial charge < -0.3 is 4.74 Å². The first-order valence-corrected chi connectivity index (χ1v) is 6.42. The number of esters is 1. The van der Waals surface area contributed by atoms with E-state index in [2.05, 4.69) is 34.6 Å². The lowest BCUT2D eigenvalue weighted by Gasteiger charge is -2.31. The molecule has 0 aliphatic carbocycles. The van der Waals surface area contributed by atoms with Gasteiger partial charge in [-0.2, -0.15) is 0 Å². The van der Waals surface area contributed by atoms with Crippen molar-refractivity contribution in [2.75, 3.05) is 6.61 Å². The third-order valence-corrected chi connectivity index (χ3v) is 2.61. The minimum atomic E-state index is -0.238. The van der Waals surface area contributed by atoms with Gasteiger partial charge in [-0.05, 0) is 29.4 Å². The summed E-state index contributed by atoms with van der Waals surface area (Å²) in [5.41, 5.74) is 0.856. The fourth-order valence-electron chi connectivity index (χ4n) is 2.41. The first-order chi connectivity index (χ1) is 8.20. The summed E-state index contributed by atoms with van der Waals surface area (Å²) in [7, 11) is 0. The SMILES string of the molecule is CC(C)(C)CC(C)(C)COC(=O)c1ccccc1. The van der Waals surface area contributed by atoms with Crippen LogP contribution in [-0.4, -0.2) is 12.6 Å². The molecule has 0 radical (unpaired) electrons. The molecule has 0 atom stereocenters. The maximum Gasteiger partial charge on any atom is 0.338 e. The van der Waals surface area contributed by atoms with E-state index in [0.29, 0.717) is 12.2 Å². The Kier molecular flexibility index (Phi) is 4.55. The van der Waals surface area contributed by atoms with Crippen LogP contribution in [0.5, 0.6) is 0 Å². The highest BCUT2D eigenvalue weighted by Crippen LogP contribution is 2.33. The molecule has 1 aromatic carbocycles. The Morgan fingerprint density at radius 1 is 1.06 bits per heavy atom. The van der Waals surface area contributed by atoms with Gasteiger partial charge >= 0.3 is 5.97 Å². The first-order valence-electron chi connectivity index (χ1n) is 6.42. The number of ether oxygens (including phenoxy) is 1. The van der Waals surface area contributed by atoms with Crippen LogP contribution in [-0.2, 0) is 4.74 Å². The number of rotatable bonds is 4. The largest absolute Gasteiger partial charge is 0.462 e. The maximum atomic E-state index is 11.8. The van der Waals surface area contributed by atoms with Gasteiger partial charge in [0.15, 0.2) is 0 Å². The van der Waals surface area contributed by atoms with Gasteiger partial charge in [-0.25, -0.2) is 4.79 Å². The van der Waals surface area contributed by atoms with Gasteiger partial charge in [0.05, 0.1) is 12.2 Å². The van der Waals surface area contributed by atoms with Crippen molar-refractivity contribution in [2.24, 2.45) is 10.8 Å². The molecular formula is C16H24O2. The lowest BCUT2D eigenvalue weighted by atomic mass is 9.77. The number of hydrogen-bond acceptors (Lipinski definition) is 2. The van der Waals surface area contributed by atoms with Crippen molar-refractivity contribution in [3.63, 3.8) is 0 Å². The quantitative estimate of drug-likeness (QED) is 0.742. The van der Waals surface area contributed by atoms with Gasteiger partial charge in [0.2, 0.25) is 0 Å². The van der Waals surface area contributed by atoms with Gasteiger partial charge in [0, 0.05) is 0 Å². The van der Waals surface area contributed by atoms with E-state index in [1.165, 1.54) is 0 Å². The summed E-state index contributed by atoms with van der Waals surface area (Å²) in [6, 6.07) is 9.13. The summed E-state index contributed by atoms with van der Waals surface area (Å²) < 4.78 is 5.40. The molecule has 2 nitrogen and oxygen atoms in total. The normalized spacial score (nSPS) is 12.3. The third-order valence-electron chi connectivity index (χ3n) is 2.61. The molecule has 0 aliphatic rings. The minimum Gasteiger partial charge on any atom is -0.462 e. The Labute approximate surface area is 110 Å². The molecule has 1 rings (SSSR count). The first kappa shape index (κ1) is 14.7. The molecule has 0 bridgehead atoms. The van der Waals surface area contributed by atoms with Crippen LogP contribution in [0.15, 0.2) is 30.3 Å². The topological polar surface area (TPSA) is 26.3 Å².